The zero-order valence-corrected chi connectivity index (χ0v) is 9.99. The van der Waals surface area contributed by atoms with Crippen LogP contribution in [0.3, 0.4) is 0 Å². The van der Waals surface area contributed by atoms with Crippen molar-refractivity contribution >= 4 is 6.08 Å². The molecule has 2 heteroatoms. The van der Waals surface area contributed by atoms with Gasteiger partial charge >= 0.3 is 0 Å². The molecule has 0 fully saturated rings. The third-order valence-corrected chi connectivity index (χ3v) is 2.22. The fraction of sp³-hybridized carbons (Fsp3) is 0.429. The zero-order valence-electron chi connectivity index (χ0n) is 9.99. The molecule has 0 radical (unpaired) electrons. The fourth-order valence-corrected chi connectivity index (χ4v) is 1.39. The first kappa shape index (κ1) is 12.9. The molecule has 0 heterocycles. The number of nitrogens with one attached hydrogen (secondary N) is 1. The summed E-state index contributed by atoms with van der Waals surface area (Å²) in [5, 5.41) is 3.35. The second kappa shape index (κ2) is 9.13. The Morgan fingerprint density at radius 1 is 1.25 bits per heavy atom. The van der Waals surface area contributed by atoms with E-state index in [1.54, 1.807) is 0 Å². The first-order valence-corrected chi connectivity index (χ1v) is 5.93. The molecule has 0 aliphatic rings. The molecule has 88 valence electrons. The third kappa shape index (κ3) is 6.38. The van der Waals surface area contributed by atoms with Gasteiger partial charge in [0.15, 0.2) is 0 Å². The lowest BCUT2D eigenvalue weighted by molar-refractivity contribution is 0.145. The van der Waals surface area contributed by atoms with E-state index < -0.39 is 0 Å². The Bertz CT molecular complexity index is 282. The van der Waals surface area contributed by atoms with Gasteiger partial charge in [0.05, 0.1) is 0 Å². The van der Waals surface area contributed by atoms with Crippen LogP contribution >= 0.6 is 0 Å². The molecule has 0 aromatic heterocycles. The Balaban J connectivity index is 2.01. The van der Waals surface area contributed by atoms with E-state index >= 15 is 0 Å². The van der Waals surface area contributed by atoms with Gasteiger partial charge in [-0.15, -0.1) is 0 Å². The van der Waals surface area contributed by atoms with E-state index in [1.165, 1.54) is 5.56 Å². The van der Waals surface area contributed by atoms with Crippen LogP contribution in [0.25, 0.3) is 6.08 Å². The highest BCUT2D eigenvalue weighted by molar-refractivity contribution is 5.48. The Labute approximate surface area is 98.3 Å². The van der Waals surface area contributed by atoms with Gasteiger partial charge in [-0.25, -0.2) is 0 Å². The molecule has 0 atom stereocenters. The highest BCUT2D eigenvalue weighted by atomic mass is 16.5. The standard InChI is InChI=1S/C14H21NO/c1-2-16-13-7-12-15-11-6-10-14-8-4-3-5-9-14/h3-6,8-10,15H,2,7,11-13H2,1H3. The van der Waals surface area contributed by atoms with Crippen LogP contribution in [0.2, 0.25) is 0 Å². The van der Waals surface area contributed by atoms with Crippen LogP contribution in [0, 0.1) is 0 Å². The van der Waals surface area contributed by atoms with E-state index in [0.717, 1.165) is 32.7 Å². The predicted molar refractivity (Wildman–Crippen MR) is 69.5 cm³/mol. The van der Waals surface area contributed by atoms with Crippen molar-refractivity contribution in [1.82, 2.24) is 5.32 Å². The largest absolute Gasteiger partial charge is 0.382 e. The summed E-state index contributed by atoms with van der Waals surface area (Å²) >= 11 is 0. The third-order valence-electron chi connectivity index (χ3n) is 2.22. The van der Waals surface area contributed by atoms with Gasteiger partial charge in [0.2, 0.25) is 0 Å². The number of hydrogen-bond donors (Lipinski definition) is 1. The van der Waals surface area contributed by atoms with E-state index in [1.807, 2.05) is 13.0 Å². The number of rotatable bonds is 8. The molecule has 1 N–H and O–H groups in total. The molecular formula is C14H21NO. The molecule has 16 heavy (non-hydrogen) atoms. The quantitative estimate of drug-likeness (QED) is 0.679. The van der Waals surface area contributed by atoms with E-state index in [2.05, 4.69) is 41.7 Å². The summed E-state index contributed by atoms with van der Waals surface area (Å²) < 4.78 is 5.25. The SMILES string of the molecule is CCOCCCNCC=Cc1ccccc1. The lowest BCUT2D eigenvalue weighted by atomic mass is 10.2. The molecular weight excluding hydrogens is 198 g/mol. The van der Waals surface area contributed by atoms with Gasteiger partial charge in [-0.2, -0.15) is 0 Å². The maximum Gasteiger partial charge on any atom is 0.0477 e. The molecule has 0 saturated heterocycles. The fourth-order valence-electron chi connectivity index (χ4n) is 1.39. The summed E-state index contributed by atoms with van der Waals surface area (Å²) in [6, 6.07) is 10.3. The van der Waals surface area contributed by atoms with E-state index in [0.29, 0.717) is 0 Å². The molecule has 0 bridgehead atoms. The molecule has 1 aromatic rings. The summed E-state index contributed by atoms with van der Waals surface area (Å²) in [6.07, 6.45) is 5.36. The summed E-state index contributed by atoms with van der Waals surface area (Å²) in [7, 11) is 0. The second-order valence-electron chi connectivity index (χ2n) is 3.57. The second-order valence-corrected chi connectivity index (χ2v) is 3.57. The predicted octanol–water partition coefficient (Wildman–Crippen LogP) is 2.72. The Morgan fingerprint density at radius 3 is 2.81 bits per heavy atom. The van der Waals surface area contributed by atoms with Gasteiger partial charge in [0, 0.05) is 19.8 Å². The topological polar surface area (TPSA) is 21.3 Å². The van der Waals surface area contributed by atoms with Crippen molar-refractivity contribution < 1.29 is 4.74 Å². The van der Waals surface area contributed by atoms with Gasteiger partial charge in [0.1, 0.15) is 0 Å². The average Bonchev–Trinajstić information content (AvgIpc) is 2.34. The molecule has 0 amide bonds. The first-order chi connectivity index (χ1) is 7.93. The zero-order chi connectivity index (χ0) is 11.5. The van der Waals surface area contributed by atoms with Crippen molar-refractivity contribution in [1.29, 1.82) is 0 Å². The molecule has 1 aromatic carbocycles. The smallest absolute Gasteiger partial charge is 0.0477 e. The van der Waals surface area contributed by atoms with Crippen molar-refractivity contribution in [3.05, 3.63) is 42.0 Å². The van der Waals surface area contributed by atoms with Crippen LogP contribution < -0.4 is 5.32 Å². The van der Waals surface area contributed by atoms with Gasteiger partial charge < -0.3 is 10.1 Å². The van der Waals surface area contributed by atoms with Gasteiger partial charge in [-0.05, 0) is 25.5 Å². The maximum absolute atomic E-state index is 5.25. The molecule has 0 aliphatic heterocycles. The summed E-state index contributed by atoms with van der Waals surface area (Å²) in [5.74, 6) is 0. The highest BCUT2D eigenvalue weighted by Crippen LogP contribution is 1.99. The number of hydrogen-bond acceptors (Lipinski definition) is 2. The summed E-state index contributed by atoms with van der Waals surface area (Å²) in [4.78, 5) is 0. The van der Waals surface area contributed by atoms with Crippen LogP contribution in [-0.2, 0) is 4.74 Å². The molecule has 1 rings (SSSR count). The maximum atomic E-state index is 5.25. The first-order valence-electron chi connectivity index (χ1n) is 5.93. The van der Waals surface area contributed by atoms with Crippen LogP contribution in [0.1, 0.15) is 18.9 Å². The minimum Gasteiger partial charge on any atom is -0.382 e. The minimum absolute atomic E-state index is 0.813. The van der Waals surface area contributed by atoms with Crippen LogP contribution in [-0.4, -0.2) is 26.3 Å². The van der Waals surface area contributed by atoms with Crippen LogP contribution in [0.4, 0.5) is 0 Å². The lowest BCUT2D eigenvalue weighted by Gasteiger charge is -2.01. The summed E-state index contributed by atoms with van der Waals surface area (Å²) in [5.41, 5.74) is 1.25. The van der Waals surface area contributed by atoms with E-state index in [9.17, 15) is 0 Å². The van der Waals surface area contributed by atoms with Crippen molar-refractivity contribution in [2.45, 2.75) is 13.3 Å². The van der Waals surface area contributed by atoms with E-state index in [4.69, 9.17) is 4.74 Å². The van der Waals surface area contributed by atoms with Crippen LogP contribution in [0.15, 0.2) is 36.4 Å². The van der Waals surface area contributed by atoms with Crippen molar-refractivity contribution in [2.75, 3.05) is 26.3 Å². The lowest BCUT2D eigenvalue weighted by Crippen LogP contribution is -2.16. The summed E-state index contributed by atoms with van der Waals surface area (Å²) in [6.45, 7) is 5.62. The minimum atomic E-state index is 0.813. The van der Waals surface area contributed by atoms with Gasteiger partial charge in [-0.3, -0.25) is 0 Å². The number of benzene rings is 1. The van der Waals surface area contributed by atoms with Crippen molar-refractivity contribution in [3.8, 4) is 0 Å². The Kier molecular flexibility index (Phi) is 7.39. The molecule has 0 unspecified atom stereocenters. The highest BCUT2D eigenvalue weighted by Gasteiger charge is 1.86. The average molecular weight is 219 g/mol. The Morgan fingerprint density at radius 2 is 2.06 bits per heavy atom. The molecule has 0 aliphatic carbocycles. The van der Waals surface area contributed by atoms with Crippen LogP contribution in [0.5, 0.6) is 0 Å². The monoisotopic (exact) mass is 219 g/mol. The molecule has 2 nitrogen and oxygen atoms in total. The molecule has 0 saturated carbocycles. The molecule has 0 spiro atoms. The van der Waals surface area contributed by atoms with Gasteiger partial charge in [0.25, 0.3) is 0 Å². The van der Waals surface area contributed by atoms with E-state index in [-0.39, 0.29) is 0 Å². The van der Waals surface area contributed by atoms with Crippen molar-refractivity contribution in [2.24, 2.45) is 0 Å². The normalized spacial score (nSPS) is 11.1. The van der Waals surface area contributed by atoms with Crippen molar-refractivity contribution in [3.63, 3.8) is 0 Å². The van der Waals surface area contributed by atoms with Gasteiger partial charge in [-0.1, -0.05) is 42.5 Å². The number of ether oxygens (including phenoxy) is 1. The Hall–Kier alpha value is -1.12.